The molecule has 1 saturated carbocycles. The lowest BCUT2D eigenvalue weighted by Crippen LogP contribution is -2.07. The topological polar surface area (TPSA) is 84.3 Å². The zero-order chi connectivity index (χ0) is 18.5. The molecule has 1 aromatic carbocycles. The standard InChI is InChI=1S/C20H19N5O2/c1-11-15-9-12(3-7-16(15)24-23-11)18-19(21-14-5-6-14)25-10-13(20(26)27-2)4-8-17(25)22-18/h3-4,7-10,14,21H,5-6H2,1-2H3,(H,23,24). The molecule has 1 aliphatic carbocycles. The number of anilines is 1. The van der Waals surface area contributed by atoms with Crippen LogP contribution in [0.2, 0.25) is 0 Å². The lowest BCUT2D eigenvalue weighted by Gasteiger charge is -2.08. The Bertz CT molecular complexity index is 1190. The normalized spacial score (nSPS) is 14.0. The summed E-state index contributed by atoms with van der Waals surface area (Å²) in [6.45, 7) is 2.01. The highest BCUT2D eigenvalue weighted by Gasteiger charge is 2.25. The van der Waals surface area contributed by atoms with Crippen molar-refractivity contribution in [3.8, 4) is 11.3 Å². The van der Waals surface area contributed by atoms with Gasteiger partial charge in [-0.1, -0.05) is 6.07 Å². The van der Waals surface area contributed by atoms with Crippen molar-refractivity contribution in [3.63, 3.8) is 0 Å². The summed E-state index contributed by atoms with van der Waals surface area (Å²) in [7, 11) is 1.39. The van der Waals surface area contributed by atoms with Gasteiger partial charge in [0, 0.05) is 28.9 Å². The Morgan fingerprint density at radius 1 is 1.30 bits per heavy atom. The number of methoxy groups -OCH3 is 1. The van der Waals surface area contributed by atoms with E-state index in [-0.39, 0.29) is 5.97 Å². The van der Waals surface area contributed by atoms with Crippen LogP contribution in [0.3, 0.4) is 0 Å². The largest absolute Gasteiger partial charge is 0.465 e. The summed E-state index contributed by atoms with van der Waals surface area (Å²) < 4.78 is 6.80. The molecule has 0 amide bonds. The smallest absolute Gasteiger partial charge is 0.339 e. The molecule has 0 unspecified atom stereocenters. The van der Waals surface area contributed by atoms with E-state index >= 15 is 0 Å². The molecule has 0 aliphatic heterocycles. The maximum atomic E-state index is 11.9. The van der Waals surface area contributed by atoms with Gasteiger partial charge in [-0.3, -0.25) is 9.50 Å². The van der Waals surface area contributed by atoms with E-state index in [0.29, 0.717) is 11.6 Å². The number of hydrogen-bond donors (Lipinski definition) is 2. The van der Waals surface area contributed by atoms with Crippen LogP contribution >= 0.6 is 0 Å². The molecule has 27 heavy (non-hydrogen) atoms. The number of benzene rings is 1. The number of imidazole rings is 1. The number of fused-ring (bicyclic) bond motifs is 2. The molecule has 7 nitrogen and oxygen atoms in total. The maximum absolute atomic E-state index is 11.9. The third-order valence-electron chi connectivity index (χ3n) is 4.98. The predicted molar refractivity (Wildman–Crippen MR) is 103 cm³/mol. The van der Waals surface area contributed by atoms with Crippen LogP contribution in [-0.2, 0) is 4.74 Å². The highest BCUT2D eigenvalue weighted by molar-refractivity contribution is 5.91. The molecular formula is C20H19N5O2. The SMILES string of the molecule is COC(=O)c1ccc2nc(-c3ccc4n[nH]c(C)c4c3)c(NC3CC3)n2c1. The van der Waals surface area contributed by atoms with E-state index in [1.54, 1.807) is 12.3 Å². The first-order chi connectivity index (χ1) is 13.1. The maximum Gasteiger partial charge on any atom is 0.339 e. The summed E-state index contributed by atoms with van der Waals surface area (Å²) in [5, 5.41) is 12.0. The van der Waals surface area contributed by atoms with Gasteiger partial charge in [0.2, 0.25) is 0 Å². The Hall–Kier alpha value is -3.35. The minimum absolute atomic E-state index is 0.361. The van der Waals surface area contributed by atoms with Gasteiger partial charge in [-0.2, -0.15) is 5.10 Å². The van der Waals surface area contributed by atoms with Crippen LogP contribution in [0.1, 0.15) is 28.9 Å². The Balaban J connectivity index is 1.71. The van der Waals surface area contributed by atoms with Crippen LogP contribution in [0, 0.1) is 6.92 Å². The van der Waals surface area contributed by atoms with Crippen LogP contribution in [0.15, 0.2) is 36.5 Å². The molecule has 4 aromatic rings. The fraction of sp³-hybridized carbons (Fsp3) is 0.250. The van der Waals surface area contributed by atoms with Gasteiger partial charge in [0.1, 0.15) is 17.2 Å². The molecule has 5 rings (SSSR count). The summed E-state index contributed by atoms with van der Waals surface area (Å²) >= 11 is 0. The number of aryl methyl sites for hydroxylation is 1. The number of nitrogens with one attached hydrogen (secondary N) is 2. The fourth-order valence-electron chi connectivity index (χ4n) is 3.33. The molecule has 1 aliphatic rings. The van der Waals surface area contributed by atoms with Gasteiger partial charge >= 0.3 is 5.97 Å². The Morgan fingerprint density at radius 3 is 2.93 bits per heavy atom. The number of ether oxygens (including phenoxy) is 1. The average Bonchev–Trinajstić information content (AvgIpc) is 3.35. The molecule has 0 saturated heterocycles. The first-order valence-electron chi connectivity index (χ1n) is 8.96. The molecule has 2 N–H and O–H groups in total. The number of carbonyl (C=O) groups is 1. The first-order valence-corrected chi connectivity index (χ1v) is 8.96. The van der Waals surface area contributed by atoms with E-state index < -0.39 is 0 Å². The number of pyridine rings is 1. The number of esters is 1. The molecule has 1 fully saturated rings. The van der Waals surface area contributed by atoms with Gasteiger partial charge in [0.15, 0.2) is 0 Å². The second-order valence-corrected chi connectivity index (χ2v) is 6.95. The van der Waals surface area contributed by atoms with Crippen LogP contribution in [0.25, 0.3) is 27.8 Å². The minimum Gasteiger partial charge on any atom is -0.465 e. The number of nitrogens with zero attached hydrogens (tertiary/aromatic N) is 3. The van der Waals surface area contributed by atoms with Crippen LogP contribution < -0.4 is 5.32 Å². The number of rotatable bonds is 4. The van der Waals surface area contributed by atoms with Gasteiger partial charge in [-0.25, -0.2) is 9.78 Å². The molecule has 0 bridgehead atoms. The van der Waals surface area contributed by atoms with Crippen LogP contribution in [0.5, 0.6) is 0 Å². The minimum atomic E-state index is -0.361. The summed E-state index contributed by atoms with van der Waals surface area (Å²) in [4.78, 5) is 16.8. The van der Waals surface area contributed by atoms with E-state index in [2.05, 4.69) is 21.6 Å². The lowest BCUT2D eigenvalue weighted by atomic mass is 10.1. The van der Waals surface area contributed by atoms with Crippen molar-refractivity contribution in [1.29, 1.82) is 0 Å². The predicted octanol–water partition coefficient (Wildman–Crippen LogP) is 3.55. The van der Waals surface area contributed by atoms with Crippen LogP contribution in [0.4, 0.5) is 5.82 Å². The summed E-state index contributed by atoms with van der Waals surface area (Å²) in [6.07, 6.45) is 4.07. The van der Waals surface area contributed by atoms with Crippen molar-refractivity contribution in [2.75, 3.05) is 12.4 Å². The number of aromatic nitrogens is 4. The summed E-state index contributed by atoms with van der Waals surface area (Å²) in [5.74, 6) is 0.540. The Kier molecular flexibility index (Phi) is 3.43. The second kappa shape index (κ2) is 5.84. The van der Waals surface area contributed by atoms with Crippen molar-refractivity contribution in [2.24, 2.45) is 0 Å². The molecule has 3 aromatic heterocycles. The molecule has 136 valence electrons. The van der Waals surface area contributed by atoms with Gasteiger partial charge in [0.05, 0.1) is 18.2 Å². The van der Waals surface area contributed by atoms with Crippen molar-refractivity contribution in [3.05, 3.63) is 47.8 Å². The lowest BCUT2D eigenvalue weighted by molar-refractivity contribution is 0.0600. The number of H-pyrrole nitrogens is 1. The van der Waals surface area contributed by atoms with Gasteiger partial charge in [-0.05, 0) is 44.0 Å². The monoisotopic (exact) mass is 361 g/mol. The highest BCUT2D eigenvalue weighted by Crippen LogP contribution is 2.34. The van der Waals surface area contributed by atoms with Gasteiger partial charge in [0.25, 0.3) is 0 Å². The Morgan fingerprint density at radius 2 is 2.15 bits per heavy atom. The average molecular weight is 361 g/mol. The summed E-state index contributed by atoms with van der Waals surface area (Å²) in [5.41, 5.74) is 5.12. The molecule has 0 radical (unpaired) electrons. The van der Waals surface area contributed by atoms with Gasteiger partial charge in [-0.15, -0.1) is 0 Å². The fourth-order valence-corrected chi connectivity index (χ4v) is 3.33. The van der Waals surface area contributed by atoms with Crippen LogP contribution in [-0.4, -0.2) is 38.7 Å². The van der Waals surface area contributed by atoms with Crippen molar-refractivity contribution >= 4 is 28.3 Å². The molecule has 0 spiro atoms. The number of aromatic amines is 1. The second-order valence-electron chi connectivity index (χ2n) is 6.95. The van der Waals surface area contributed by atoms with E-state index in [9.17, 15) is 4.79 Å². The zero-order valence-electron chi connectivity index (χ0n) is 15.1. The summed E-state index contributed by atoms with van der Waals surface area (Å²) in [6, 6.07) is 10.2. The number of hydrogen-bond acceptors (Lipinski definition) is 5. The molecule has 3 heterocycles. The zero-order valence-corrected chi connectivity index (χ0v) is 15.1. The third kappa shape index (κ3) is 2.63. The molecule has 7 heteroatoms. The first kappa shape index (κ1) is 15.9. The third-order valence-corrected chi connectivity index (χ3v) is 4.98. The van der Waals surface area contributed by atoms with Gasteiger partial charge < -0.3 is 10.1 Å². The van der Waals surface area contributed by atoms with Crippen molar-refractivity contribution < 1.29 is 9.53 Å². The molecular weight excluding hydrogens is 342 g/mol. The highest BCUT2D eigenvalue weighted by atomic mass is 16.5. The van der Waals surface area contributed by atoms with Crippen molar-refractivity contribution in [1.82, 2.24) is 19.6 Å². The van der Waals surface area contributed by atoms with Crippen molar-refractivity contribution in [2.45, 2.75) is 25.8 Å². The van der Waals surface area contributed by atoms with E-state index in [0.717, 1.165) is 52.2 Å². The Labute approximate surface area is 155 Å². The molecule has 0 atom stereocenters. The quantitative estimate of drug-likeness (QED) is 0.543. The van der Waals surface area contributed by atoms with E-state index in [4.69, 9.17) is 9.72 Å². The van der Waals surface area contributed by atoms with E-state index in [1.165, 1.54) is 7.11 Å². The van der Waals surface area contributed by atoms with E-state index in [1.807, 2.05) is 29.5 Å². The number of carbonyl (C=O) groups excluding carboxylic acids is 1.